The Bertz CT molecular complexity index is 555. The highest BCUT2D eigenvalue weighted by atomic mass is 35.5. The normalized spacial score (nSPS) is 15.2. The number of benzene rings is 1. The van der Waals surface area contributed by atoms with E-state index in [2.05, 4.69) is 4.74 Å². The lowest BCUT2D eigenvalue weighted by molar-refractivity contribution is -0.0505. The third-order valence-electron chi connectivity index (χ3n) is 3.82. The summed E-state index contributed by atoms with van der Waals surface area (Å²) in [6.07, 6.45) is 2.15. The van der Waals surface area contributed by atoms with Crippen LogP contribution in [0.3, 0.4) is 0 Å². The molecule has 0 saturated carbocycles. The maximum absolute atomic E-state index is 13.2. The van der Waals surface area contributed by atoms with E-state index in [4.69, 9.17) is 10.5 Å². The van der Waals surface area contributed by atoms with Crippen LogP contribution in [0.4, 0.5) is 13.2 Å². The Morgan fingerprint density at radius 3 is 2.60 bits per heavy atom. The van der Waals surface area contributed by atoms with Crippen molar-refractivity contribution in [2.75, 3.05) is 26.2 Å². The zero-order chi connectivity index (χ0) is 17.5. The van der Waals surface area contributed by atoms with Crippen LogP contribution in [0.15, 0.2) is 18.2 Å². The number of nitrogens with two attached hydrogens (primary N) is 1. The predicted molar refractivity (Wildman–Crippen MR) is 88.8 cm³/mol. The summed E-state index contributed by atoms with van der Waals surface area (Å²) in [6.45, 7) is -1.09. The zero-order valence-electron chi connectivity index (χ0n) is 13.6. The molecule has 0 bridgehead atoms. The van der Waals surface area contributed by atoms with Gasteiger partial charge in [0, 0.05) is 25.8 Å². The topological polar surface area (TPSA) is 64.8 Å². The summed E-state index contributed by atoms with van der Waals surface area (Å²) in [5.41, 5.74) is 5.33. The van der Waals surface area contributed by atoms with Gasteiger partial charge in [-0.25, -0.2) is 4.39 Å². The number of hydrogen-bond donors (Lipinski definition) is 1. The first-order valence-corrected chi connectivity index (χ1v) is 7.86. The number of halogens is 4. The van der Waals surface area contributed by atoms with E-state index in [9.17, 15) is 18.0 Å². The van der Waals surface area contributed by atoms with Crippen LogP contribution >= 0.6 is 12.4 Å². The first-order valence-electron chi connectivity index (χ1n) is 7.86. The summed E-state index contributed by atoms with van der Waals surface area (Å²) >= 11 is 0. The number of rotatable bonds is 7. The van der Waals surface area contributed by atoms with Crippen LogP contribution in [0.2, 0.25) is 0 Å². The van der Waals surface area contributed by atoms with Gasteiger partial charge in [-0.05, 0) is 37.9 Å². The average Bonchev–Trinajstić information content (AvgIpc) is 2.55. The molecular weight excluding hydrogens is 361 g/mol. The third-order valence-corrected chi connectivity index (χ3v) is 3.82. The molecule has 5 nitrogen and oxygen atoms in total. The molecule has 1 aliphatic rings. The van der Waals surface area contributed by atoms with E-state index in [1.54, 1.807) is 0 Å². The van der Waals surface area contributed by atoms with Gasteiger partial charge >= 0.3 is 6.61 Å². The second-order valence-corrected chi connectivity index (χ2v) is 5.52. The number of amides is 1. The van der Waals surface area contributed by atoms with Crippen LogP contribution < -0.4 is 10.5 Å². The number of alkyl halides is 2. The Balaban J connectivity index is 0.00000312. The Hall–Kier alpha value is -1.51. The second-order valence-electron chi connectivity index (χ2n) is 5.52. The fourth-order valence-corrected chi connectivity index (χ4v) is 2.60. The molecule has 1 saturated heterocycles. The molecule has 1 aliphatic heterocycles. The van der Waals surface area contributed by atoms with Gasteiger partial charge in [-0.2, -0.15) is 8.78 Å². The van der Waals surface area contributed by atoms with Crippen molar-refractivity contribution in [3.8, 4) is 5.75 Å². The molecule has 1 amide bonds. The summed E-state index contributed by atoms with van der Waals surface area (Å²) in [6, 6.07) is 3.01. The molecule has 0 radical (unpaired) electrons. The van der Waals surface area contributed by atoms with Gasteiger partial charge in [0.15, 0.2) is 0 Å². The fourth-order valence-electron chi connectivity index (χ4n) is 2.60. The van der Waals surface area contributed by atoms with Crippen LogP contribution in [-0.2, 0) is 4.74 Å². The molecule has 1 aromatic rings. The zero-order valence-corrected chi connectivity index (χ0v) is 14.4. The van der Waals surface area contributed by atoms with Crippen LogP contribution in [0, 0.1) is 5.82 Å². The molecule has 0 aromatic heterocycles. The molecule has 142 valence electrons. The number of likely N-dealkylation sites (tertiary alicyclic amines) is 1. The van der Waals surface area contributed by atoms with Crippen molar-refractivity contribution in [2.45, 2.75) is 32.0 Å². The lowest BCUT2D eigenvalue weighted by Crippen LogP contribution is -2.41. The quantitative estimate of drug-likeness (QED) is 0.736. The summed E-state index contributed by atoms with van der Waals surface area (Å²) in [7, 11) is 0. The molecule has 0 aliphatic carbocycles. The van der Waals surface area contributed by atoms with E-state index < -0.39 is 24.1 Å². The number of nitrogens with zero attached hydrogens (tertiary/aromatic N) is 1. The Morgan fingerprint density at radius 2 is 2.00 bits per heavy atom. The third kappa shape index (κ3) is 6.37. The van der Waals surface area contributed by atoms with Crippen LogP contribution in [0.5, 0.6) is 5.75 Å². The van der Waals surface area contributed by atoms with Crippen LogP contribution in [-0.4, -0.2) is 49.8 Å². The molecule has 1 fully saturated rings. The van der Waals surface area contributed by atoms with E-state index >= 15 is 0 Å². The van der Waals surface area contributed by atoms with E-state index in [0.29, 0.717) is 39.1 Å². The summed E-state index contributed by atoms with van der Waals surface area (Å²) in [5, 5.41) is 0. The van der Waals surface area contributed by atoms with Gasteiger partial charge in [0.25, 0.3) is 5.91 Å². The van der Waals surface area contributed by atoms with E-state index in [0.717, 1.165) is 18.6 Å². The van der Waals surface area contributed by atoms with Crippen LogP contribution in [0.25, 0.3) is 0 Å². The van der Waals surface area contributed by atoms with Gasteiger partial charge in [-0.1, -0.05) is 0 Å². The minimum absolute atomic E-state index is 0. The molecule has 2 N–H and O–H groups in total. The molecular formula is C16H22ClF3N2O3. The Morgan fingerprint density at radius 1 is 1.32 bits per heavy atom. The number of carbonyl (C=O) groups excluding carboxylic acids is 1. The summed E-state index contributed by atoms with van der Waals surface area (Å²) in [5.74, 6) is -1.64. The van der Waals surface area contributed by atoms with Crippen LogP contribution in [0.1, 0.15) is 29.6 Å². The number of ether oxygens (including phenoxy) is 2. The monoisotopic (exact) mass is 382 g/mol. The maximum Gasteiger partial charge on any atom is 0.387 e. The van der Waals surface area contributed by atoms with Crippen molar-refractivity contribution in [1.29, 1.82) is 0 Å². The highest BCUT2D eigenvalue weighted by Gasteiger charge is 2.26. The van der Waals surface area contributed by atoms with Gasteiger partial charge in [0.2, 0.25) is 0 Å². The van der Waals surface area contributed by atoms with Crippen molar-refractivity contribution in [2.24, 2.45) is 5.73 Å². The van der Waals surface area contributed by atoms with Crippen molar-refractivity contribution >= 4 is 18.3 Å². The van der Waals surface area contributed by atoms with Gasteiger partial charge in [0.05, 0.1) is 11.7 Å². The lowest BCUT2D eigenvalue weighted by atomic mass is 10.1. The maximum atomic E-state index is 13.2. The van der Waals surface area contributed by atoms with Gasteiger partial charge in [-0.3, -0.25) is 4.79 Å². The Kier molecular flexibility index (Phi) is 9.02. The molecule has 2 rings (SSSR count). The molecule has 9 heteroatoms. The average molecular weight is 383 g/mol. The first-order chi connectivity index (χ1) is 11.5. The standard InChI is InChI=1S/C16H21F3N2O3.ClH/c17-11-2-3-13(14(10-11)24-16(18)19)15(22)21-7-4-12(5-8-21)23-9-1-6-20;/h2-3,10,12,16H,1,4-9,20H2;1H. The second kappa shape index (κ2) is 10.5. The molecule has 1 heterocycles. The molecule has 25 heavy (non-hydrogen) atoms. The largest absolute Gasteiger partial charge is 0.434 e. The molecule has 0 spiro atoms. The van der Waals surface area contributed by atoms with Crippen molar-refractivity contribution in [3.05, 3.63) is 29.6 Å². The Labute approximate surface area is 150 Å². The highest BCUT2D eigenvalue weighted by Crippen LogP contribution is 2.25. The highest BCUT2D eigenvalue weighted by molar-refractivity contribution is 5.97. The van der Waals surface area contributed by atoms with Crippen molar-refractivity contribution in [3.63, 3.8) is 0 Å². The predicted octanol–water partition coefficient (Wildman–Crippen LogP) is 2.82. The lowest BCUT2D eigenvalue weighted by Gasteiger charge is -2.32. The number of hydrogen-bond acceptors (Lipinski definition) is 4. The summed E-state index contributed by atoms with van der Waals surface area (Å²) in [4.78, 5) is 14.0. The smallest absolute Gasteiger partial charge is 0.387 e. The SMILES string of the molecule is Cl.NCCCOC1CCN(C(=O)c2ccc(F)cc2OC(F)F)CC1. The molecule has 1 aromatic carbocycles. The number of piperidine rings is 1. The minimum atomic E-state index is -3.12. The van der Waals surface area contributed by atoms with Gasteiger partial charge in [-0.15, -0.1) is 12.4 Å². The van der Waals surface area contributed by atoms with E-state index in [-0.39, 0.29) is 24.1 Å². The fraction of sp³-hybridized carbons (Fsp3) is 0.562. The molecule has 0 unspecified atom stereocenters. The minimum Gasteiger partial charge on any atom is -0.434 e. The molecule has 0 atom stereocenters. The van der Waals surface area contributed by atoms with Crippen molar-refractivity contribution in [1.82, 2.24) is 4.90 Å². The van der Waals surface area contributed by atoms with Gasteiger partial charge in [0.1, 0.15) is 11.6 Å². The van der Waals surface area contributed by atoms with Gasteiger partial charge < -0.3 is 20.1 Å². The first kappa shape index (κ1) is 21.5. The number of carbonyl (C=O) groups is 1. The summed E-state index contributed by atoms with van der Waals surface area (Å²) < 4.78 is 48.0. The van der Waals surface area contributed by atoms with Crippen molar-refractivity contribution < 1.29 is 27.4 Å². The van der Waals surface area contributed by atoms with E-state index in [1.807, 2.05) is 0 Å². The van der Waals surface area contributed by atoms with E-state index in [1.165, 1.54) is 11.0 Å².